The van der Waals surface area contributed by atoms with Gasteiger partial charge in [-0.2, -0.15) is 0 Å². The van der Waals surface area contributed by atoms with Crippen LogP contribution in [0.1, 0.15) is 31.4 Å². The highest BCUT2D eigenvalue weighted by Gasteiger charge is 2.27. The van der Waals surface area contributed by atoms with Crippen LogP contribution in [-0.2, 0) is 9.47 Å². The topological polar surface area (TPSA) is 54.9 Å². The summed E-state index contributed by atoms with van der Waals surface area (Å²) in [6, 6.07) is 3.37. The second-order valence-electron chi connectivity index (χ2n) is 6.43. The van der Waals surface area contributed by atoms with Crippen molar-refractivity contribution < 1.29 is 9.47 Å². The lowest BCUT2D eigenvalue weighted by Crippen LogP contribution is -2.43. The largest absolute Gasteiger partial charge is 0.466 e. The Balaban J connectivity index is 1.62. The number of halogens is 2. The number of allylic oxidation sites excluding steroid dienone is 3. The minimum Gasteiger partial charge on any atom is -0.466 e. The number of aliphatic imine (C=N–C) groups is 1. The maximum Gasteiger partial charge on any atom is 0.197 e. The number of benzene rings is 1. The van der Waals surface area contributed by atoms with Gasteiger partial charge in [-0.25, -0.2) is 4.99 Å². The van der Waals surface area contributed by atoms with E-state index in [1.54, 1.807) is 12.3 Å². The summed E-state index contributed by atoms with van der Waals surface area (Å²) < 4.78 is 11.0. The molecule has 1 aromatic carbocycles. The van der Waals surface area contributed by atoms with E-state index in [0.717, 1.165) is 24.1 Å². The second kappa shape index (κ2) is 7.71. The zero-order valence-corrected chi connectivity index (χ0v) is 16.2. The molecular weight excluding hydrogens is 385 g/mol. The van der Waals surface area contributed by atoms with Crippen molar-refractivity contribution in [2.45, 2.75) is 31.8 Å². The Labute approximate surface area is 168 Å². The van der Waals surface area contributed by atoms with Crippen LogP contribution in [-0.4, -0.2) is 12.0 Å². The number of nitrogens with one attached hydrogen (secondary N) is 2. The molecule has 0 saturated carbocycles. The summed E-state index contributed by atoms with van der Waals surface area (Å²) in [5.41, 5.74) is 2.98. The molecule has 0 saturated heterocycles. The number of fused-ring (bicyclic) bond motifs is 1. The molecule has 5 nitrogen and oxygen atoms in total. The molecule has 1 aromatic rings. The Morgan fingerprint density at radius 2 is 2.19 bits per heavy atom. The molecule has 2 unspecified atom stereocenters. The molecule has 4 rings (SSSR count). The standard InChI is InChI=1S/C20H19Cl2N3O2/c1-12-17-15(8-7-14(21)18(17)22)24-20(23-12)25-19(13-5-3-2-4-6-13)16-11-26-9-10-27-16/h2-3,5,7-12,19H,4,6H2,1H3,(H2,23,24,25). The van der Waals surface area contributed by atoms with E-state index in [0.29, 0.717) is 21.8 Å². The molecule has 1 aliphatic carbocycles. The predicted octanol–water partition coefficient (Wildman–Crippen LogP) is 5.43. The third-order valence-corrected chi connectivity index (χ3v) is 5.45. The summed E-state index contributed by atoms with van der Waals surface area (Å²) in [5.74, 6) is 1.32. The summed E-state index contributed by atoms with van der Waals surface area (Å²) >= 11 is 12.5. The Bertz CT molecular complexity index is 903. The van der Waals surface area contributed by atoms with Crippen LogP contribution in [0.2, 0.25) is 10.0 Å². The van der Waals surface area contributed by atoms with Gasteiger partial charge in [-0.1, -0.05) is 41.4 Å². The molecule has 0 fully saturated rings. The molecule has 3 aliphatic rings. The van der Waals surface area contributed by atoms with Crippen LogP contribution in [0.4, 0.5) is 5.69 Å². The number of rotatable bonds is 3. The minimum absolute atomic E-state index is 0.131. The number of anilines is 1. The van der Waals surface area contributed by atoms with E-state index in [-0.39, 0.29) is 12.1 Å². The Morgan fingerprint density at radius 1 is 1.30 bits per heavy atom. The average Bonchev–Trinajstić information content (AvgIpc) is 2.70. The zero-order chi connectivity index (χ0) is 18.8. The molecule has 0 spiro atoms. The fourth-order valence-electron chi connectivity index (χ4n) is 3.33. The van der Waals surface area contributed by atoms with Crippen molar-refractivity contribution in [2.24, 2.45) is 4.99 Å². The molecule has 2 heterocycles. The summed E-state index contributed by atoms with van der Waals surface area (Å²) in [6.07, 6.45) is 12.8. The fraction of sp³-hybridized carbons (Fsp3) is 0.250. The van der Waals surface area contributed by atoms with Gasteiger partial charge >= 0.3 is 0 Å². The van der Waals surface area contributed by atoms with Gasteiger partial charge in [0.05, 0.1) is 16.1 Å². The van der Waals surface area contributed by atoms with Crippen molar-refractivity contribution in [3.63, 3.8) is 0 Å². The Kier molecular flexibility index (Phi) is 5.14. The lowest BCUT2D eigenvalue weighted by Gasteiger charge is -2.30. The van der Waals surface area contributed by atoms with E-state index in [9.17, 15) is 0 Å². The quantitative estimate of drug-likeness (QED) is 0.706. The van der Waals surface area contributed by atoms with E-state index in [4.69, 9.17) is 37.7 Å². The number of nitrogens with zero attached hydrogens (tertiary/aromatic N) is 1. The van der Waals surface area contributed by atoms with Gasteiger partial charge in [-0.15, -0.1) is 0 Å². The van der Waals surface area contributed by atoms with Gasteiger partial charge in [0.2, 0.25) is 0 Å². The molecule has 0 radical (unpaired) electrons. The van der Waals surface area contributed by atoms with Crippen LogP contribution in [0.25, 0.3) is 0 Å². The minimum atomic E-state index is -0.192. The Morgan fingerprint density at radius 3 is 2.93 bits per heavy atom. The summed E-state index contributed by atoms with van der Waals surface area (Å²) in [5, 5.41) is 7.83. The maximum atomic E-state index is 6.37. The lowest BCUT2D eigenvalue weighted by atomic mass is 9.96. The molecule has 2 aliphatic heterocycles. The van der Waals surface area contributed by atoms with Crippen LogP contribution in [0.3, 0.4) is 0 Å². The first kappa shape index (κ1) is 18.0. The van der Waals surface area contributed by atoms with Crippen molar-refractivity contribution in [3.8, 4) is 0 Å². The van der Waals surface area contributed by atoms with E-state index in [1.165, 1.54) is 18.1 Å². The first-order valence-electron chi connectivity index (χ1n) is 8.75. The van der Waals surface area contributed by atoms with Gasteiger partial charge < -0.3 is 20.1 Å². The normalized spacial score (nSPS) is 21.6. The van der Waals surface area contributed by atoms with E-state index >= 15 is 0 Å². The van der Waals surface area contributed by atoms with Crippen molar-refractivity contribution >= 4 is 34.8 Å². The van der Waals surface area contributed by atoms with Crippen LogP contribution in [0.15, 0.2) is 65.5 Å². The summed E-state index contributed by atoms with van der Waals surface area (Å²) in [4.78, 5) is 4.72. The molecule has 27 heavy (non-hydrogen) atoms. The first-order chi connectivity index (χ1) is 13.1. The number of guanidine groups is 1. The van der Waals surface area contributed by atoms with Crippen LogP contribution < -0.4 is 10.6 Å². The first-order valence-corrected chi connectivity index (χ1v) is 9.51. The molecule has 140 valence electrons. The van der Waals surface area contributed by atoms with Gasteiger partial charge in [0, 0.05) is 11.3 Å². The number of hydrogen-bond acceptors (Lipinski definition) is 5. The molecule has 0 aromatic heterocycles. The van der Waals surface area contributed by atoms with E-state index in [1.807, 2.05) is 13.0 Å². The smallest absolute Gasteiger partial charge is 0.197 e. The summed E-state index contributed by atoms with van der Waals surface area (Å²) in [7, 11) is 0. The molecular formula is C20H19Cl2N3O2. The van der Waals surface area contributed by atoms with E-state index < -0.39 is 0 Å². The second-order valence-corrected chi connectivity index (χ2v) is 7.22. The van der Waals surface area contributed by atoms with Gasteiger partial charge in [-0.05, 0) is 37.5 Å². The third-order valence-electron chi connectivity index (χ3n) is 4.63. The highest BCUT2D eigenvalue weighted by molar-refractivity contribution is 6.43. The van der Waals surface area contributed by atoms with Gasteiger partial charge in [0.25, 0.3) is 0 Å². The third kappa shape index (κ3) is 3.70. The zero-order valence-electron chi connectivity index (χ0n) is 14.7. The lowest BCUT2D eigenvalue weighted by molar-refractivity contribution is 0.238. The van der Waals surface area contributed by atoms with Gasteiger partial charge in [0.1, 0.15) is 24.8 Å². The van der Waals surface area contributed by atoms with Gasteiger partial charge in [0.15, 0.2) is 11.7 Å². The SMILES string of the molecule is CC1N=C(NC(C2=CC=CCC2)C2=COC=CO2)Nc2ccc(Cl)c(Cl)c21. The molecule has 7 heteroatoms. The fourth-order valence-corrected chi connectivity index (χ4v) is 3.82. The van der Waals surface area contributed by atoms with E-state index in [2.05, 4.69) is 28.9 Å². The molecule has 0 bridgehead atoms. The van der Waals surface area contributed by atoms with Crippen molar-refractivity contribution in [1.82, 2.24) is 5.32 Å². The van der Waals surface area contributed by atoms with Crippen molar-refractivity contribution in [2.75, 3.05) is 5.32 Å². The average molecular weight is 404 g/mol. The molecule has 2 N–H and O–H groups in total. The van der Waals surface area contributed by atoms with Crippen LogP contribution in [0.5, 0.6) is 0 Å². The monoisotopic (exact) mass is 403 g/mol. The maximum absolute atomic E-state index is 6.37. The number of hydrogen-bond donors (Lipinski definition) is 2. The molecule has 2 atom stereocenters. The predicted molar refractivity (Wildman–Crippen MR) is 109 cm³/mol. The summed E-state index contributed by atoms with van der Waals surface area (Å²) in [6.45, 7) is 1.99. The highest BCUT2D eigenvalue weighted by atomic mass is 35.5. The molecule has 0 amide bonds. The highest BCUT2D eigenvalue weighted by Crippen LogP contribution is 2.39. The van der Waals surface area contributed by atoms with Crippen LogP contribution >= 0.6 is 23.2 Å². The number of ether oxygens (including phenoxy) is 2. The Hall–Kier alpha value is -2.37. The van der Waals surface area contributed by atoms with Crippen molar-refractivity contribution in [3.05, 3.63) is 76.1 Å². The van der Waals surface area contributed by atoms with Crippen LogP contribution in [0, 0.1) is 0 Å². The van der Waals surface area contributed by atoms with Gasteiger partial charge in [-0.3, -0.25) is 0 Å². The van der Waals surface area contributed by atoms with Crippen molar-refractivity contribution in [1.29, 1.82) is 0 Å².